The third-order valence-corrected chi connectivity index (χ3v) is 3.57. The summed E-state index contributed by atoms with van der Waals surface area (Å²) in [6.45, 7) is 10.7. The fourth-order valence-electron chi connectivity index (χ4n) is 1.68. The van der Waals surface area contributed by atoms with Crippen molar-refractivity contribution in [2.24, 2.45) is 11.8 Å². The second kappa shape index (κ2) is 7.70. The Morgan fingerprint density at radius 2 is 1.88 bits per heavy atom. The van der Waals surface area contributed by atoms with E-state index in [1.54, 1.807) is 0 Å². The second-order valence-corrected chi connectivity index (χ2v) is 5.41. The highest BCUT2D eigenvalue weighted by Gasteiger charge is 2.38. The predicted octanol–water partition coefficient (Wildman–Crippen LogP) is 2.73. The van der Waals surface area contributed by atoms with Crippen LogP contribution in [0.25, 0.3) is 0 Å². The highest BCUT2D eigenvalue weighted by Crippen LogP contribution is 2.24. The van der Waals surface area contributed by atoms with E-state index in [1.807, 2.05) is 13.8 Å². The lowest BCUT2D eigenvalue weighted by atomic mass is 9.84. The van der Waals surface area contributed by atoms with E-state index >= 15 is 0 Å². The minimum atomic E-state index is -1.20. The van der Waals surface area contributed by atoms with Gasteiger partial charge >= 0.3 is 0 Å². The Labute approximate surface area is 106 Å². The molecule has 1 unspecified atom stereocenters. The van der Waals surface area contributed by atoms with Gasteiger partial charge in [0.05, 0.1) is 0 Å². The number of aliphatic hydroxyl groups is 1. The van der Waals surface area contributed by atoms with Crippen molar-refractivity contribution < 1.29 is 9.90 Å². The number of hydrogen-bond donors (Lipinski definition) is 2. The quantitative estimate of drug-likeness (QED) is 0.688. The van der Waals surface area contributed by atoms with E-state index in [0.29, 0.717) is 18.9 Å². The maximum Gasteiger partial charge on any atom is 0.252 e. The predicted molar refractivity (Wildman–Crippen MR) is 71.8 cm³/mol. The van der Waals surface area contributed by atoms with E-state index in [-0.39, 0.29) is 11.8 Å². The molecule has 0 heterocycles. The van der Waals surface area contributed by atoms with Crippen LogP contribution in [0.3, 0.4) is 0 Å². The number of nitrogens with one attached hydrogen (secondary N) is 1. The summed E-state index contributed by atoms with van der Waals surface area (Å²) in [4.78, 5) is 12.1. The van der Waals surface area contributed by atoms with Crippen LogP contribution in [0.1, 0.15) is 60.3 Å². The first-order chi connectivity index (χ1) is 7.88. The van der Waals surface area contributed by atoms with Crippen molar-refractivity contribution in [3.63, 3.8) is 0 Å². The summed E-state index contributed by atoms with van der Waals surface area (Å²) < 4.78 is 0. The first kappa shape index (κ1) is 16.4. The van der Waals surface area contributed by atoms with E-state index in [1.165, 1.54) is 0 Å². The van der Waals surface area contributed by atoms with Crippen molar-refractivity contribution in [1.29, 1.82) is 0 Å². The fourth-order valence-corrected chi connectivity index (χ4v) is 1.68. The molecule has 0 bridgehead atoms. The Kier molecular flexibility index (Phi) is 7.44. The lowest BCUT2D eigenvalue weighted by molar-refractivity contribution is -0.145. The minimum absolute atomic E-state index is 0.0500. The monoisotopic (exact) mass is 243 g/mol. The number of rotatable bonds is 8. The van der Waals surface area contributed by atoms with Crippen molar-refractivity contribution in [2.75, 3.05) is 6.54 Å². The molecule has 0 rings (SSSR count). The van der Waals surface area contributed by atoms with E-state index in [9.17, 15) is 9.90 Å². The van der Waals surface area contributed by atoms with Crippen molar-refractivity contribution in [2.45, 2.75) is 65.9 Å². The van der Waals surface area contributed by atoms with Crippen molar-refractivity contribution >= 4 is 5.91 Å². The molecule has 0 spiro atoms. The molecule has 2 atom stereocenters. The van der Waals surface area contributed by atoms with Gasteiger partial charge in [-0.05, 0) is 18.3 Å². The van der Waals surface area contributed by atoms with Gasteiger partial charge in [0.25, 0.3) is 5.91 Å². The van der Waals surface area contributed by atoms with Gasteiger partial charge in [-0.2, -0.15) is 0 Å². The summed E-state index contributed by atoms with van der Waals surface area (Å²) in [5.41, 5.74) is -1.20. The highest BCUT2D eigenvalue weighted by atomic mass is 16.3. The molecule has 102 valence electrons. The molecule has 0 aliphatic heterocycles. The summed E-state index contributed by atoms with van der Waals surface area (Å²) in [6.07, 6.45) is 3.46. The molecule has 1 amide bonds. The average Bonchev–Trinajstić information content (AvgIpc) is 2.31. The van der Waals surface area contributed by atoms with Crippen LogP contribution in [0.4, 0.5) is 0 Å². The molecule has 0 aromatic carbocycles. The van der Waals surface area contributed by atoms with Gasteiger partial charge in [0.15, 0.2) is 0 Å². The Balaban J connectivity index is 4.43. The number of amides is 1. The summed E-state index contributed by atoms with van der Waals surface area (Å²) in [6, 6.07) is 0. The molecule has 3 nitrogen and oxygen atoms in total. The molecule has 0 aromatic heterocycles. The van der Waals surface area contributed by atoms with Crippen LogP contribution in [0.2, 0.25) is 0 Å². The topological polar surface area (TPSA) is 49.3 Å². The third-order valence-electron chi connectivity index (χ3n) is 3.57. The van der Waals surface area contributed by atoms with Crippen molar-refractivity contribution in [1.82, 2.24) is 5.32 Å². The number of carbonyl (C=O) groups is 1. The van der Waals surface area contributed by atoms with Crippen LogP contribution in [0.15, 0.2) is 0 Å². The first-order valence-electron chi connectivity index (χ1n) is 6.89. The smallest absolute Gasteiger partial charge is 0.252 e. The molecule has 2 N–H and O–H groups in total. The summed E-state index contributed by atoms with van der Waals surface area (Å²) in [7, 11) is 0. The molecular formula is C14H29NO2. The summed E-state index contributed by atoms with van der Waals surface area (Å²) in [5, 5.41) is 13.3. The maximum absolute atomic E-state index is 12.1. The lowest BCUT2D eigenvalue weighted by Crippen LogP contribution is -2.51. The molecule has 0 saturated carbocycles. The normalized spacial score (nSPS) is 16.6. The zero-order valence-corrected chi connectivity index (χ0v) is 12.0. The van der Waals surface area contributed by atoms with Gasteiger partial charge in [-0.15, -0.1) is 0 Å². The standard InChI is InChI=1S/C14H29NO2/c1-6-8-9-14(17,11(3)4)13(16)15-10-12(5)7-2/h11-12,17H,6-10H2,1-5H3,(H,15,16)/t12-,14?/m0/s1. The molecule has 0 aliphatic carbocycles. The molecular weight excluding hydrogens is 214 g/mol. The van der Waals surface area contributed by atoms with Crippen LogP contribution in [0.5, 0.6) is 0 Å². The molecule has 0 aliphatic rings. The second-order valence-electron chi connectivity index (χ2n) is 5.41. The first-order valence-corrected chi connectivity index (χ1v) is 6.89. The molecule has 0 saturated heterocycles. The molecule has 0 aromatic rings. The van der Waals surface area contributed by atoms with Gasteiger partial charge in [0.2, 0.25) is 0 Å². The minimum Gasteiger partial charge on any atom is -0.380 e. The van der Waals surface area contributed by atoms with E-state index < -0.39 is 5.60 Å². The van der Waals surface area contributed by atoms with Crippen LogP contribution < -0.4 is 5.32 Å². The number of hydrogen-bond acceptors (Lipinski definition) is 2. The Morgan fingerprint density at radius 1 is 1.29 bits per heavy atom. The average molecular weight is 243 g/mol. The van der Waals surface area contributed by atoms with Crippen LogP contribution in [0, 0.1) is 11.8 Å². The van der Waals surface area contributed by atoms with E-state index in [0.717, 1.165) is 19.3 Å². The summed E-state index contributed by atoms with van der Waals surface area (Å²) >= 11 is 0. The van der Waals surface area contributed by atoms with Crippen LogP contribution >= 0.6 is 0 Å². The lowest BCUT2D eigenvalue weighted by Gasteiger charge is -2.31. The third kappa shape index (κ3) is 5.07. The highest BCUT2D eigenvalue weighted by molar-refractivity contribution is 5.85. The van der Waals surface area contributed by atoms with E-state index in [4.69, 9.17) is 0 Å². The molecule has 0 fully saturated rings. The number of unbranched alkanes of at least 4 members (excludes halogenated alkanes) is 1. The van der Waals surface area contributed by atoms with Gasteiger partial charge in [-0.25, -0.2) is 0 Å². The largest absolute Gasteiger partial charge is 0.380 e. The molecule has 17 heavy (non-hydrogen) atoms. The van der Waals surface area contributed by atoms with Gasteiger partial charge in [0.1, 0.15) is 5.60 Å². The Morgan fingerprint density at radius 3 is 2.29 bits per heavy atom. The van der Waals surface area contributed by atoms with Crippen LogP contribution in [-0.4, -0.2) is 23.2 Å². The van der Waals surface area contributed by atoms with Crippen LogP contribution in [-0.2, 0) is 4.79 Å². The SMILES string of the molecule is CCCCC(O)(C(=O)NC[C@@H](C)CC)C(C)C. The summed E-state index contributed by atoms with van der Waals surface area (Å²) in [5.74, 6) is 0.203. The van der Waals surface area contributed by atoms with Crippen molar-refractivity contribution in [3.8, 4) is 0 Å². The van der Waals surface area contributed by atoms with E-state index in [2.05, 4.69) is 26.1 Å². The van der Waals surface area contributed by atoms with Crippen molar-refractivity contribution in [3.05, 3.63) is 0 Å². The Hall–Kier alpha value is -0.570. The van der Waals surface area contributed by atoms with Gasteiger partial charge in [-0.1, -0.05) is 53.9 Å². The van der Waals surface area contributed by atoms with Gasteiger partial charge in [0, 0.05) is 6.54 Å². The molecule has 0 radical (unpaired) electrons. The maximum atomic E-state index is 12.1. The molecule has 3 heteroatoms. The van der Waals surface area contributed by atoms with Gasteiger partial charge < -0.3 is 10.4 Å². The number of carbonyl (C=O) groups excluding carboxylic acids is 1. The fraction of sp³-hybridized carbons (Fsp3) is 0.929. The zero-order valence-electron chi connectivity index (χ0n) is 12.0. The zero-order chi connectivity index (χ0) is 13.5. The Bertz CT molecular complexity index is 228. The van der Waals surface area contributed by atoms with Gasteiger partial charge in [-0.3, -0.25) is 4.79 Å².